The first-order valence-electron chi connectivity index (χ1n) is 21.9. The summed E-state index contributed by atoms with van der Waals surface area (Å²) >= 11 is 1.95. The van der Waals surface area contributed by atoms with E-state index < -0.39 is 5.41 Å². The van der Waals surface area contributed by atoms with Gasteiger partial charge in [-0.1, -0.05) is 182 Å². The smallest absolute Gasteiger partial charge is 0.0725 e. The zero-order valence-electron chi connectivity index (χ0n) is 34.1. The first-order valence-corrected chi connectivity index (χ1v) is 22.7. The van der Waals surface area contributed by atoms with E-state index in [-0.39, 0.29) is 0 Å². The van der Waals surface area contributed by atoms with Gasteiger partial charge in [-0.25, -0.2) is 0 Å². The van der Waals surface area contributed by atoms with Crippen LogP contribution in [-0.2, 0) is 5.41 Å². The van der Waals surface area contributed by atoms with Gasteiger partial charge in [0.05, 0.1) is 16.4 Å². The third-order valence-corrected chi connectivity index (χ3v) is 15.8. The van der Waals surface area contributed by atoms with Crippen LogP contribution in [0.5, 0.6) is 0 Å². The first-order chi connectivity index (χ1) is 31.3. The lowest BCUT2D eigenvalue weighted by atomic mass is 9.70. The van der Waals surface area contributed by atoms with Gasteiger partial charge in [0.1, 0.15) is 0 Å². The van der Waals surface area contributed by atoms with Crippen LogP contribution in [-0.4, -0.2) is 4.57 Å². The minimum atomic E-state index is -0.407. The Kier molecular flexibility index (Phi) is 6.56. The number of hydrogen-bond donors (Lipinski definition) is 0. The second-order valence-corrected chi connectivity index (χ2v) is 18.4. The Hall–Kier alpha value is -7.78. The second kappa shape index (κ2) is 12.2. The molecule has 0 saturated heterocycles. The van der Waals surface area contributed by atoms with Gasteiger partial charge in [0.25, 0.3) is 0 Å². The predicted octanol–water partition coefficient (Wildman–Crippen LogP) is 16.6. The van der Waals surface area contributed by atoms with Gasteiger partial charge < -0.3 is 4.57 Å². The quantitative estimate of drug-likeness (QED) is 0.164. The highest BCUT2D eigenvalue weighted by Crippen LogP contribution is 2.64. The van der Waals surface area contributed by atoms with E-state index in [1.165, 1.54) is 136 Å². The highest BCUT2D eigenvalue weighted by atomic mass is 32.1. The predicted molar refractivity (Wildman–Crippen MR) is 268 cm³/mol. The standard InChI is InChI=1S/C61H35NS/c1-2-17-38(18-3-1)62-54-29-15-12-26-46(54)56-57-49-35-47(40-20-6-8-23-43(40)59(49)63-60(57)44-24-9-7-22-42(44)58(56)62)37-31-32-52-48(34-37)41-21-10-13-27-50(41)61(52)51-28-14-11-25-45(51)55-39-19-5-4-16-36(39)30-33-53(55)61/h1-35H. The van der Waals surface area contributed by atoms with Crippen LogP contribution in [0.1, 0.15) is 22.3 Å². The third kappa shape index (κ3) is 4.17. The molecule has 0 radical (unpaired) electrons. The minimum absolute atomic E-state index is 0.407. The normalized spacial score (nSPS) is 15.0. The molecule has 0 saturated carbocycles. The number of nitrogens with zero attached hydrogens (tertiary/aromatic N) is 1. The van der Waals surface area contributed by atoms with Gasteiger partial charge in [0, 0.05) is 52.8 Å². The van der Waals surface area contributed by atoms with Crippen LogP contribution in [0.2, 0.25) is 0 Å². The molecule has 1 unspecified atom stereocenters. The largest absolute Gasteiger partial charge is 0.309 e. The summed E-state index contributed by atoms with van der Waals surface area (Å²) in [4.78, 5) is 0. The first kappa shape index (κ1) is 33.9. The van der Waals surface area contributed by atoms with Crippen molar-refractivity contribution in [2.75, 3.05) is 0 Å². The Bertz CT molecular complexity index is 4150. The fourth-order valence-electron chi connectivity index (χ4n) is 12.2. The van der Waals surface area contributed by atoms with Crippen LogP contribution in [0.3, 0.4) is 0 Å². The van der Waals surface area contributed by atoms with E-state index in [2.05, 4.69) is 217 Å². The number of rotatable bonds is 2. The van der Waals surface area contributed by atoms with Crippen molar-refractivity contribution in [1.82, 2.24) is 4.57 Å². The molecule has 0 bridgehead atoms. The van der Waals surface area contributed by atoms with Crippen LogP contribution in [0.4, 0.5) is 0 Å². The molecule has 1 spiro atoms. The zero-order valence-corrected chi connectivity index (χ0v) is 34.9. The van der Waals surface area contributed by atoms with E-state index >= 15 is 0 Å². The Morgan fingerprint density at radius 1 is 0.349 bits per heavy atom. The van der Waals surface area contributed by atoms with Crippen molar-refractivity contribution < 1.29 is 0 Å². The molecule has 15 rings (SSSR count). The van der Waals surface area contributed by atoms with E-state index in [4.69, 9.17) is 0 Å². The molecular weight excluding hydrogens is 779 g/mol. The third-order valence-electron chi connectivity index (χ3n) is 14.6. The average Bonchev–Trinajstić information content (AvgIpc) is 4.08. The Balaban J connectivity index is 1.05. The van der Waals surface area contributed by atoms with E-state index in [0.717, 1.165) is 0 Å². The number of aromatic nitrogens is 1. The van der Waals surface area contributed by atoms with Crippen molar-refractivity contribution in [2.24, 2.45) is 0 Å². The number of fused-ring (bicyclic) bond motifs is 24. The molecule has 1 nitrogen and oxygen atoms in total. The molecule has 2 heteroatoms. The molecule has 2 aliphatic carbocycles. The fraction of sp³-hybridized carbons (Fsp3) is 0.0164. The maximum Gasteiger partial charge on any atom is 0.0725 e. The average molecular weight is 814 g/mol. The molecule has 1 atom stereocenters. The minimum Gasteiger partial charge on any atom is -0.309 e. The van der Waals surface area contributed by atoms with Gasteiger partial charge in [-0.2, -0.15) is 0 Å². The fourth-order valence-corrected chi connectivity index (χ4v) is 13.5. The van der Waals surface area contributed by atoms with Crippen molar-refractivity contribution in [3.63, 3.8) is 0 Å². The lowest BCUT2D eigenvalue weighted by Crippen LogP contribution is -2.25. The lowest BCUT2D eigenvalue weighted by molar-refractivity contribution is 0.794. The maximum atomic E-state index is 2.53. The van der Waals surface area contributed by atoms with E-state index in [1.807, 2.05) is 11.3 Å². The molecule has 2 aromatic heterocycles. The molecule has 0 aliphatic heterocycles. The van der Waals surface area contributed by atoms with Crippen LogP contribution in [0.15, 0.2) is 212 Å². The summed E-state index contributed by atoms with van der Waals surface area (Å²) in [5.41, 5.74) is 16.6. The van der Waals surface area contributed by atoms with Crippen LogP contribution < -0.4 is 0 Å². The number of thiophene rings is 1. The maximum absolute atomic E-state index is 2.53. The van der Waals surface area contributed by atoms with Gasteiger partial charge in [-0.15, -0.1) is 11.3 Å². The van der Waals surface area contributed by atoms with Crippen LogP contribution in [0, 0.1) is 0 Å². The van der Waals surface area contributed by atoms with Crippen molar-refractivity contribution in [1.29, 1.82) is 0 Å². The van der Waals surface area contributed by atoms with Crippen LogP contribution >= 0.6 is 11.3 Å². The molecule has 2 heterocycles. The summed E-state index contributed by atoms with van der Waals surface area (Å²) in [5, 5.41) is 13.0. The summed E-state index contributed by atoms with van der Waals surface area (Å²) in [6.07, 6.45) is 0. The highest BCUT2D eigenvalue weighted by molar-refractivity contribution is 7.27. The lowest BCUT2D eigenvalue weighted by Gasteiger charge is -2.30. The molecule has 290 valence electrons. The molecule has 2 aliphatic rings. The molecule has 63 heavy (non-hydrogen) atoms. The summed E-state index contributed by atoms with van der Waals surface area (Å²) in [6.45, 7) is 0. The SMILES string of the molecule is c1ccc(-n2c3ccccc3c3c4c5cc(-c6ccc7c(c6)-c6ccccc6C76c7ccccc7-c7c6ccc6ccccc76)c6ccccc6c5sc4c4ccccc4c32)cc1. The summed E-state index contributed by atoms with van der Waals surface area (Å²) in [6, 6.07) is 80.0. The molecular formula is C61H35NS. The van der Waals surface area contributed by atoms with Gasteiger partial charge in [-0.3, -0.25) is 0 Å². The number of benzene rings is 11. The molecule has 11 aromatic carbocycles. The number of para-hydroxylation sites is 2. The Labute approximate surface area is 367 Å². The van der Waals surface area contributed by atoms with Crippen molar-refractivity contribution in [3.05, 3.63) is 235 Å². The molecule has 0 N–H and O–H groups in total. The van der Waals surface area contributed by atoms with E-state index in [0.29, 0.717) is 0 Å². The zero-order chi connectivity index (χ0) is 41.0. The monoisotopic (exact) mass is 813 g/mol. The van der Waals surface area contributed by atoms with Gasteiger partial charge in [0.2, 0.25) is 0 Å². The Morgan fingerprint density at radius 2 is 0.952 bits per heavy atom. The highest BCUT2D eigenvalue weighted by Gasteiger charge is 2.52. The Morgan fingerprint density at radius 3 is 1.78 bits per heavy atom. The number of hydrogen-bond acceptors (Lipinski definition) is 1. The van der Waals surface area contributed by atoms with Gasteiger partial charge in [-0.05, 0) is 102 Å². The van der Waals surface area contributed by atoms with Gasteiger partial charge in [0.15, 0.2) is 0 Å². The summed E-state index contributed by atoms with van der Waals surface area (Å²) < 4.78 is 5.19. The topological polar surface area (TPSA) is 4.93 Å². The van der Waals surface area contributed by atoms with Crippen molar-refractivity contribution in [3.8, 4) is 39.1 Å². The summed E-state index contributed by atoms with van der Waals surface area (Å²) in [5.74, 6) is 0. The van der Waals surface area contributed by atoms with Crippen molar-refractivity contribution >= 4 is 85.6 Å². The van der Waals surface area contributed by atoms with E-state index in [9.17, 15) is 0 Å². The second-order valence-electron chi connectivity index (χ2n) is 17.4. The molecule has 0 fully saturated rings. The van der Waals surface area contributed by atoms with Crippen molar-refractivity contribution in [2.45, 2.75) is 5.41 Å². The van der Waals surface area contributed by atoms with E-state index in [1.54, 1.807) is 0 Å². The molecule has 13 aromatic rings. The van der Waals surface area contributed by atoms with Crippen LogP contribution in [0.25, 0.3) is 113 Å². The summed E-state index contributed by atoms with van der Waals surface area (Å²) in [7, 11) is 0. The molecule has 0 amide bonds. The van der Waals surface area contributed by atoms with Gasteiger partial charge >= 0.3 is 0 Å².